The van der Waals surface area contributed by atoms with Crippen LogP contribution in [0, 0.1) is 0 Å². The van der Waals surface area contributed by atoms with E-state index < -0.39 is 0 Å². The van der Waals surface area contributed by atoms with Crippen LogP contribution in [0.3, 0.4) is 0 Å². The van der Waals surface area contributed by atoms with E-state index in [1.165, 1.54) is 0 Å². The molecule has 0 heterocycles. The predicted molar refractivity (Wildman–Crippen MR) is 49.8 cm³/mol. The van der Waals surface area contributed by atoms with Crippen molar-refractivity contribution in [3.63, 3.8) is 0 Å². The zero-order valence-electron chi connectivity index (χ0n) is 7.53. The quantitative estimate of drug-likeness (QED) is 0.331. The topological polar surface area (TPSA) is 26.3 Å². The summed E-state index contributed by atoms with van der Waals surface area (Å²) < 4.78 is 4.52. The van der Waals surface area contributed by atoms with Gasteiger partial charge in [-0.1, -0.05) is 24.3 Å². The second-order valence-electron chi connectivity index (χ2n) is 2.37. The zero-order chi connectivity index (χ0) is 9.07. The number of carbonyl (C=O) groups is 1. The molecular formula is C10H16O2. The van der Waals surface area contributed by atoms with Gasteiger partial charge in [-0.25, -0.2) is 0 Å². The molecule has 0 aromatic carbocycles. The Labute approximate surface area is 73.9 Å². The van der Waals surface area contributed by atoms with E-state index in [1.807, 2.05) is 19.1 Å². The van der Waals surface area contributed by atoms with E-state index in [1.54, 1.807) is 0 Å². The smallest absolute Gasteiger partial charge is 0.293 e. The summed E-state index contributed by atoms with van der Waals surface area (Å²) in [5, 5.41) is 0. The molecule has 2 heteroatoms. The number of hydrogen-bond acceptors (Lipinski definition) is 2. The van der Waals surface area contributed by atoms with Crippen LogP contribution in [0.15, 0.2) is 24.3 Å². The van der Waals surface area contributed by atoms with Crippen LogP contribution in [0.5, 0.6) is 0 Å². The average Bonchev–Trinajstić information content (AvgIpc) is 2.10. The molecular weight excluding hydrogens is 152 g/mol. The minimum atomic E-state index is 0.480. The van der Waals surface area contributed by atoms with E-state index in [-0.39, 0.29) is 0 Å². The van der Waals surface area contributed by atoms with Crippen molar-refractivity contribution >= 4 is 6.47 Å². The van der Waals surface area contributed by atoms with Crippen molar-refractivity contribution in [2.75, 3.05) is 6.61 Å². The van der Waals surface area contributed by atoms with Crippen molar-refractivity contribution in [3.05, 3.63) is 24.3 Å². The molecule has 0 amide bonds. The lowest BCUT2D eigenvalue weighted by Gasteiger charge is -1.91. The first-order chi connectivity index (χ1) is 5.91. The molecule has 0 aromatic heterocycles. The first-order valence-electron chi connectivity index (χ1n) is 4.23. The van der Waals surface area contributed by atoms with Gasteiger partial charge in [0.2, 0.25) is 0 Å². The first kappa shape index (κ1) is 11.0. The molecule has 0 rings (SSSR count). The molecule has 12 heavy (non-hydrogen) atoms. The Bertz CT molecular complexity index is 148. The maximum atomic E-state index is 9.72. The van der Waals surface area contributed by atoms with Gasteiger partial charge in [0.1, 0.15) is 0 Å². The van der Waals surface area contributed by atoms with Gasteiger partial charge in [-0.05, 0) is 26.2 Å². The highest BCUT2D eigenvalue weighted by atomic mass is 16.5. The Morgan fingerprint density at radius 2 is 1.75 bits per heavy atom. The third-order valence-corrected chi connectivity index (χ3v) is 1.37. The standard InChI is InChI=1S/C10H16O2/c1-2-3-4-5-6-7-8-9-12-10-11/h2-3,6-7,10H,4-5,8-9H2,1H3. The van der Waals surface area contributed by atoms with Gasteiger partial charge in [-0.15, -0.1) is 0 Å². The maximum Gasteiger partial charge on any atom is 0.293 e. The second kappa shape index (κ2) is 9.95. The molecule has 0 aliphatic rings. The summed E-state index contributed by atoms with van der Waals surface area (Å²) in [5.74, 6) is 0. The molecule has 0 saturated heterocycles. The fourth-order valence-electron chi connectivity index (χ4n) is 0.779. The molecule has 68 valence electrons. The molecule has 0 saturated carbocycles. The van der Waals surface area contributed by atoms with Crippen molar-refractivity contribution in [1.29, 1.82) is 0 Å². The number of carbonyl (C=O) groups excluding carboxylic acids is 1. The fourth-order valence-corrected chi connectivity index (χ4v) is 0.779. The highest BCUT2D eigenvalue weighted by Gasteiger charge is 1.79. The van der Waals surface area contributed by atoms with Crippen molar-refractivity contribution in [3.8, 4) is 0 Å². The van der Waals surface area contributed by atoms with Crippen LogP contribution in [0.25, 0.3) is 0 Å². The van der Waals surface area contributed by atoms with Crippen molar-refractivity contribution in [2.45, 2.75) is 26.2 Å². The molecule has 0 aromatic rings. The van der Waals surface area contributed by atoms with Gasteiger partial charge in [0.15, 0.2) is 0 Å². The van der Waals surface area contributed by atoms with E-state index in [2.05, 4.69) is 16.9 Å². The lowest BCUT2D eigenvalue weighted by Crippen LogP contribution is -1.87. The lowest BCUT2D eigenvalue weighted by atomic mass is 10.2. The van der Waals surface area contributed by atoms with E-state index >= 15 is 0 Å². The summed E-state index contributed by atoms with van der Waals surface area (Å²) in [7, 11) is 0. The van der Waals surface area contributed by atoms with E-state index in [0.29, 0.717) is 13.1 Å². The largest absolute Gasteiger partial charge is 0.468 e. The van der Waals surface area contributed by atoms with E-state index in [0.717, 1.165) is 19.3 Å². The van der Waals surface area contributed by atoms with Gasteiger partial charge in [0.25, 0.3) is 6.47 Å². The molecule has 0 aliphatic carbocycles. The van der Waals surface area contributed by atoms with Gasteiger partial charge in [0, 0.05) is 0 Å². The molecule has 0 unspecified atom stereocenters. The monoisotopic (exact) mass is 168 g/mol. The Morgan fingerprint density at radius 1 is 1.08 bits per heavy atom. The molecule has 0 radical (unpaired) electrons. The minimum absolute atomic E-state index is 0.480. The summed E-state index contributed by atoms with van der Waals surface area (Å²) in [6, 6.07) is 0. The van der Waals surface area contributed by atoms with Crippen LogP contribution >= 0.6 is 0 Å². The zero-order valence-corrected chi connectivity index (χ0v) is 7.53. The predicted octanol–water partition coefficient (Wildman–Crippen LogP) is 2.46. The highest BCUT2D eigenvalue weighted by Crippen LogP contribution is 1.94. The van der Waals surface area contributed by atoms with Gasteiger partial charge in [-0.3, -0.25) is 4.79 Å². The van der Waals surface area contributed by atoms with Crippen LogP contribution in [-0.4, -0.2) is 13.1 Å². The second-order valence-corrected chi connectivity index (χ2v) is 2.37. The number of allylic oxidation sites excluding steroid dienone is 3. The van der Waals surface area contributed by atoms with Crippen molar-refractivity contribution in [1.82, 2.24) is 0 Å². The molecule has 2 nitrogen and oxygen atoms in total. The molecule has 0 atom stereocenters. The van der Waals surface area contributed by atoms with Crippen LogP contribution < -0.4 is 0 Å². The summed E-state index contributed by atoms with van der Waals surface area (Å²) in [6.07, 6.45) is 11.3. The Balaban J connectivity index is 3.08. The normalized spacial score (nSPS) is 11.1. The van der Waals surface area contributed by atoms with Gasteiger partial charge in [0.05, 0.1) is 6.61 Å². The molecule has 0 aliphatic heterocycles. The minimum Gasteiger partial charge on any atom is -0.468 e. The molecule has 0 bridgehead atoms. The summed E-state index contributed by atoms with van der Waals surface area (Å²) in [4.78, 5) is 9.72. The Kier molecular flexibility index (Phi) is 9.08. The van der Waals surface area contributed by atoms with Gasteiger partial charge < -0.3 is 4.74 Å². The van der Waals surface area contributed by atoms with E-state index in [9.17, 15) is 4.79 Å². The first-order valence-corrected chi connectivity index (χ1v) is 4.23. The average molecular weight is 168 g/mol. The van der Waals surface area contributed by atoms with Gasteiger partial charge >= 0.3 is 0 Å². The number of hydrogen-bond donors (Lipinski definition) is 0. The van der Waals surface area contributed by atoms with E-state index in [4.69, 9.17) is 0 Å². The molecule has 0 N–H and O–H groups in total. The maximum absolute atomic E-state index is 9.72. The van der Waals surface area contributed by atoms with Gasteiger partial charge in [-0.2, -0.15) is 0 Å². The number of unbranched alkanes of at least 4 members (excludes halogenated alkanes) is 1. The third kappa shape index (κ3) is 8.95. The summed E-state index contributed by atoms with van der Waals surface area (Å²) in [5.41, 5.74) is 0. The van der Waals surface area contributed by atoms with Crippen LogP contribution in [0.2, 0.25) is 0 Å². The molecule has 0 fully saturated rings. The van der Waals surface area contributed by atoms with Crippen LogP contribution in [-0.2, 0) is 9.53 Å². The fraction of sp³-hybridized carbons (Fsp3) is 0.500. The Morgan fingerprint density at radius 3 is 2.42 bits per heavy atom. The Hall–Kier alpha value is -1.05. The highest BCUT2D eigenvalue weighted by molar-refractivity contribution is 5.36. The number of rotatable bonds is 7. The summed E-state index contributed by atoms with van der Waals surface area (Å²) >= 11 is 0. The van der Waals surface area contributed by atoms with Crippen LogP contribution in [0.4, 0.5) is 0 Å². The van der Waals surface area contributed by atoms with Crippen molar-refractivity contribution in [2.24, 2.45) is 0 Å². The van der Waals surface area contributed by atoms with Crippen molar-refractivity contribution < 1.29 is 9.53 Å². The molecule has 0 spiro atoms. The number of ether oxygens (including phenoxy) is 1. The summed E-state index contributed by atoms with van der Waals surface area (Å²) in [6.45, 7) is 2.99. The lowest BCUT2D eigenvalue weighted by molar-refractivity contribution is -0.128. The van der Waals surface area contributed by atoms with Crippen LogP contribution in [0.1, 0.15) is 26.2 Å². The third-order valence-electron chi connectivity index (χ3n) is 1.37. The SMILES string of the molecule is CC=CCCC=CCCOC=O.